The molecule has 4 amide bonds. The first-order valence-corrected chi connectivity index (χ1v) is 9.71. The van der Waals surface area contributed by atoms with E-state index in [2.05, 4.69) is 21.4 Å². The number of rotatable bonds is 4. The molecule has 2 aliphatic rings. The van der Waals surface area contributed by atoms with Crippen molar-refractivity contribution in [2.75, 3.05) is 19.6 Å². The fourth-order valence-corrected chi connectivity index (χ4v) is 4.04. The maximum atomic E-state index is 12.7. The van der Waals surface area contributed by atoms with Gasteiger partial charge in [-0.3, -0.25) is 14.5 Å². The summed E-state index contributed by atoms with van der Waals surface area (Å²) in [5.41, 5.74) is 1.06. The minimum Gasteiger partial charge on any atom is -0.343 e. The highest BCUT2D eigenvalue weighted by atomic mass is 16.2. The van der Waals surface area contributed by atoms with Crippen LogP contribution in [0, 0.1) is 0 Å². The number of nitrogens with one attached hydrogen (secondary N) is 2. The standard InChI is InChI=1S/C20H25N5O3/c1-20(2)18(27)25(19(28)23-20)10-7-16(26)24-9-4-6-14(12-24)15-11-13-5-3-8-21-17(13)22-15/h3,5,8,11,14H,4,6-7,9-10,12H2,1-2H3,(H,21,22)(H,23,28). The van der Waals surface area contributed by atoms with Gasteiger partial charge in [-0.05, 0) is 44.9 Å². The summed E-state index contributed by atoms with van der Waals surface area (Å²) in [5.74, 6) is -0.0702. The fraction of sp³-hybridized carbons (Fsp3) is 0.500. The number of aromatic amines is 1. The number of imide groups is 1. The van der Waals surface area contributed by atoms with Crippen LogP contribution in [0.3, 0.4) is 0 Å². The number of aromatic nitrogens is 2. The van der Waals surface area contributed by atoms with Crippen molar-refractivity contribution >= 4 is 28.9 Å². The number of pyridine rings is 1. The van der Waals surface area contributed by atoms with Crippen molar-refractivity contribution < 1.29 is 14.4 Å². The Morgan fingerprint density at radius 3 is 2.89 bits per heavy atom. The van der Waals surface area contributed by atoms with Crippen molar-refractivity contribution in [2.24, 2.45) is 0 Å². The predicted molar refractivity (Wildman–Crippen MR) is 104 cm³/mol. The second-order valence-corrected chi connectivity index (χ2v) is 8.11. The Bertz CT molecular complexity index is 902. The van der Waals surface area contributed by atoms with Gasteiger partial charge in [0.25, 0.3) is 5.91 Å². The summed E-state index contributed by atoms with van der Waals surface area (Å²) in [6.45, 7) is 4.79. The molecule has 8 heteroatoms. The normalized spacial score (nSPS) is 22.0. The molecular weight excluding hydrogens is 358 g/mol. The lowest BCUT2D eigenvalue weighted by molar-refractivity contribution is -0.134. The Balaban J connectivity index is 1.38. The average molecular weight is 383 g/mol. The van der Waals surface area contributed by atoms with Crippen LogP contribution in [-0.2, 0) is 9.59 Å². The molecule has 0 saturated carbocycles. The van der Waals surface area contributed by atoms with Gasteiger partial charge in [-0.15, -0.1) is 0 Å². The van der Waals surface area contributed by atoms with Crippen LogP contribution in [0.4, 0.5) is 4.79 Å². The quantitative estimate of drug-likeness (QED) is 0.789. The number of amides is 4. The van der Waals surface area contributed by atoms with Crippen LogP contribution < -0.4 is 5.32 Å². The first kappa shape index (κ1) is 18.5. The van der Waals surface area contributed by atoms with E-state index in [1.807, 2.05) is 17.0 Å². The van der Waals surface area contributed by atoms with Gasteiger partial charge < -0.3 is 15.2 Å². The molecule has 2 aliphatic heterocycles. The Hall–Kier alpha value is -2.90. The second kappa shape index (κ2) is 6.92. The minimum atomic E-state index is -0.903. The SMILES string of the molecule is CC1(C)NC(=O)N(CCC(=O)N2CCCC(c3cc4cccnc4[nH]3)C2)C1=O. The zero-order valence-electron chi connectivity index (χ0n) is 16.2. The highest BCUT2D eigenvalue weighted by molar-refractivity contribution is 6.06. The third kappa shape index (κ3) is 3.34. The molecule has 28 heavy (non-hydrogen) atoms. The summed E-state index contributed by atoms with van der Waals surface area (Å²) >= 11 is 0. The van der Waals surface area contributed by atoms with Gasteiger partial charge in [-0.2, -0.15) is 0 Å². The smallest absolute Gasteiger partial charge is 0.325 e. The van der Waals surface area contributed by atoms with E-state index in [4.69, 9.17) is 0 Å². The predicted octanol–water partition coefficient (Wildman–Crippen LogP) is 1.99. The number of urea groups is 1. The van der Waals surface area contributed by atoms with Gasteiger partial charge in [-0.1, -0.05) is 0 Å². The first-order valence-electron chi connectivity index (χ1n) is 9.71. The monoisotopic (exact) mass is 383 g/mol. The molecule has 2 aromatic rings. The maximum Gasteiger partial charge on any atom is 0.325 e. The molecule has 0 spiro atoms. The van der Waals surface area contributed by atoms with Crippen LogP contribution >= 0.6 is 0 Å². The molecule has 2 saturated heterocycles. The number of hydrogen-bond donors (Lipinski definition) is 2. The van der Waals surface area contributed by atoms with Gasteiger partial charge in [0.2, 0.25) is 5.91 Å². The van der Waals surface area contributed by atoms with Crippen molar-refractivity contribution in [2.45, 2.75) is 44.6 Å². The summed E-state index contributed by atoms with van der Waals surface area (Å²) in [5, 5.41) is 3.71. The first-order chi connectivity index (χ1) is 13.3. The van der Waals surface area contributed by atoms with E-state index < -0.39 is 11.6 Å². The summed E-state index contributed by atoms with van der Waals surface area (Å²) in [6.07, 6.45) is 3.85. The highest BCUT2D eigenvalue weighted by Gasteiger charge is 2.44. The van der Waals surface area contributed by atoms with Crippen LogP contribution in [0.5, 0.6) is 0 Å². The van der Waals surface area contributed by atoms with Crippen LogP contribution in [0.1, 0.15) is 44.7 Å². The zero-order chi connectivity index (χ0) is 19.9. The lowest BCUT2D eigenvalue weighted by Crippen LogP contribution is -2.42. The topological polar surface area (TPSA) is 98.4 Å². The molecule has 148 valence electrons. The van der Waals surface area contributed by atoms with Crippen molar-refractivity contribution in [1.82, 2.24) is 25.1 Å². The van der Waals surface area contributed by atoms with Gasteiger partial charge >= 0.3 is 6.03 Å². The van der Waals surface area contributed by atoms with Gasteiger partial charge in [0.05, 0.1) is 0 Å². The minimum absolute atomic E-state index is 0.0238. The molecule has 0 bridgehead atoms. The van der Waals surface area contributed by atoms with Crippen molar-refractivity contribution in [3.05, 3.63) is 30.1 Å². The number of fused-ring (bicyclic) bond motifs is 1. The number of carbonyl (C=O) groups is 3. The largest absolute Gasteiger partial charge is 0.343 e. The van der Waals surface area contributed by atoms with E-state index in [1.54, 1.807) is 20.0 Å². The molecule has 8 nitrogen and oxygen atoms in total. The highest BCUT2D eigenvalue weighted by Crippen LogP contribution is 2.29. The second-order valence-electron chi connectivity index (χ2n) is 8.11. The summed E-state index contributed by atoms with van der Waals surface area (Å²) in [6, 6.07) is 5.61. The third-order valence-electron chi connectivity index (χ3n) is 5.62. The zero-order valence-corrected chi connectivity index (χ0v) is 16.2. The Morgan fingerprint density at radius 2 is 2.18 bits per heavy atom. The van der Waals surface area contributed by atoms with Gasteiger partial charge in [0, 0.05) is 49.2 Å². The fourth-order valence-electron chi connectivity index (χ4n) is 4.04. The number of piperidine rings is 1. The van der Waals surface area contributed by atoms with Crippen LogP contribution in [0.25, 0.3) is 11.0 Å². The molecule has 2 fully saturated rings. The number of hydrogen-bond acceptors (Lipinski definition) is 4. The van der Waals surface area contributed by atoms with Crippen LogP contribution in [0.15, 0.2) is 24.4 Å². The van der Waals surface area contributed by atoms with Gasteiger partial charge in [0.15, 0.2) is 0 Å². The Morgan fingerprint density at radius 1 is 1.36 bits per heavy atom. The number of H-pyrrole nitrogens is 1. The summed E-state index contributed by atoms with van der Waals surface area (Å²) in [7, 11) is 0. The summed E-state index contributed by atoms with van der Waals surface area (Å²) < 4.78 is 0. The number of nitrogens with zero attached hydrogens (tertiary/aromatic N) is 3. The third-order valence-corrected chi connectivity index (χ3v) is 5.62. The maximum absolute atomic E-state index is 12.7. The molecule has 1 atom stereocenters. The lowest BCUT2D eigenvalue weighted by atomic mass is 9.94. The molecule has 0 radical (unpaired) electrons. The average Bonchev–Trinajstić information content (AvgIpc) is 3.19. The Labute approximate surface area is 163 Å². The molecule has 4 rings (SSSR count). The van der Waals surface area contributed by atoms with E-state index in [0.29, 0.717) is 13.1 Å². The molecule has 4 heterocycles. The van der Waals surface area contributed by atoms with Crippen LogP contribution in [-0.4, -0.2) is 62.8 Å². The van der Waals surface area contributed by atoms with E-state index >= 15 is 0 Å². The Kier molecular flexibility index (Phi) is 4.56. The van der Waals surface area contributed by atoms with Crippen LogP contribution in [0.2, 0.25) is 0 Å². The van der Waals surface area contributed by atoms with E-state index in [1.165, 1.54) is 0 Å². The molecular formula is C20H25N5O3. The van der Waals surface area contributed by atoms with E-state index in [9.17, 15) is 14.4 Å². The van der Waals surface area contributed by atoms with Gasteiger partial charge in [-0.25, -0.2) is 9.78 Å². The van der Waals surface area contributed by atoms with E-state index in [0.717, 1.165) is 34.5 Å². The molecule has 0 aromatic carbocycles. The summed E-state index contributed by atoms with van der Waals surface area (Å²) in [4.78, 5) is 47.6. The van der Waals surface area contributed by atoms with Gasteiger partial charge in [0.1, 0.15) is 11.2 Å². The molecule has 0 aliphatic carbocycles. The van der Waals surface area contributed by atoms with Crippen molar-refractivity contribution in [3.63, 3.8) is 0 Å². The van der Waals surface area contributed by atoms with E-state index in [-0.39, 0.29) is 30.7 Å². The lowest BCUT2D eigenvalue weighted by Gasteiger charge is -2.32. The van der Waals surface area contributed by atoms with Crippen molar-refractivity contribution in [3.8, 4) is 0 Å². The van der Waals surface area contributed by atoms with Crippen molar-refractivity contribution in [1.29, 1.82) is 0 Å². The molecule has 2 aromatic heterocycles. The number of likely N-dealkylation sites (tertiary alicyclic amines) is 1. The number of carbonyl (C=O) groups excluding carboxylic acids is 3. The molecule has 1 unspecified atom stereocenters. The molecule has 2 N–H and O–H groups in total.